The molecule has 0 heterocycles. The third kappa shape index (κ3) is 2.93. The van der Waals surface area contributed by atoms with E-state index in [1.54, 1.807) is 6.92 Å². The summed E-state index contributed by atoms with van der Waals surface area (Å²) >= 11 is 0. The van der Waals surface area contributed by atoms with Gasteiger partial charge in [-0.3, -0.25) is 0 Å². The molecule has 0 saturated heterocycles. The number of aliphatic hydroxyl groups excluding tert-OH is 1. The quantitative estimate of drug-likeness (QED) is 0.668. The fourth-order valence-electron chi connectivity index (χ4n) is 0.647. The average molecular weight is 178 g/mol. The number of hydrogen-bond donors (Lipinski definition) is 1. The van der Waals surface area contributed by atoms with Crippen molar-refractivity contribution in [2.75, 3.05) is 5.75 Å². The largest absolute Gasteiger partial charge is 0.512 e. The number of rotatable bonds is 3. The Kier molecular flexibility index (Phi) is 3.58. The summed E-state index contributed by atoms with van der Waals surface area (Å²) in [5, 5.41) is 8.88. The van der Waals surface area contributed by atoms with E-state index in [0.29, 0.717) is 6.42 Å². The SMILES string of the molecule is CCCS(=O)(=O)/C(C)=C(/C)O. The Bertz CT molecular complexity index is 245. The highest BCUT2D eigenvalue weighted by Gasteiger charge is 2.14. The lowest BCUT2D eigenvalue weighted by Crippen LogP contribution is -2.07. The highest BCUT2D eigenvalue weighted by Crippen LogP contribution is 2.10. The van der Waals surface area contributed by atoms with Gasteiger partial charge in [0, 0.05) is 0 Å². The van der Waals surface area contributed by atoms with Gasteiger partial charge in [-0.2, -0.15) is 0 Å². The van der Waals surface area contributed by atoms with Crippen LogP contribution in [-0.2, 0) is 9.84 Å². The van der Waals surface area contributed by atoms with Gasteiger partial charge in [-0.25, -0.2) is 8.42 Å². The van der Waals surface area contributed by atoms with Crippen molar-refractivity contribution in [3.63, 3.8) is 0 Å². The van der Waals surface area contributed by atoms with Crippen molar-refractivity contribution >= 4 is 9.84 Å². The average Bonchev–Trinajstić information content (AvgIpc) is 1.86. The summed E-state index contributed by atoms with van der Waals surface area (Å²) in [5.74, 6) is -0.00468. The maximum Gasteiger partial charge on any atom is 0.177 e. The third-order valence-corrected chi connectivity index (χ3v) is 3.62. The first kappa shape index (κ1) is 10.5. The van der Waals surface area contributed by atoms with E-state index in [2.05, 4.69) is 0 Å². The molecule has 0 amide bonds. The Labute approximate surface area is 67.7 Å². The molecule has 0 unspecified atom stereocenters. The molecule has 11 heavy (non-hydrogen) atoms. The lowest BCUT2D eigenvalue weighted by atomic mass is 10.5. The van der Waals surface area contributed by atoms with Crippen molar-refractivity contribution in [3.05, 3.63) is 10.7 Å². The molecule has 0 aromatic carbocycles. The summed E-state index contributed by atoms with van der Waals surface area (Å²) in [6.45, 7) is 4.58. The van der Waals surface area contributed by atoms with Gasteiger partial charge < -0.3 is 5.11 Å². The highest BCUT2D eigenvalue weighted by atomic mass is 32.2. The van der Waals surface area contributed by atoms with Crippen LogP contribution in [0.5, 0.6) is 0 Å². The molecule has 0 bridgehead atoms. The van der Waals surface area contributed by atoms with Crippen molar-refractivity contribution in [1.29, 1.82) is 0 Å². The van der Waals surface area contributed by atoms with E-state index >= 15 is 0 Å². The van der Waals surface area contributed by atoms with Gasteiger partial charge in [0.05, 0.1) is 10.7 Å². The molecule has 0 aromatic heterocycles. The van der Waals surface area contributed by atoms with Gasteiger partial charge in [0.2, 0.25) is 0 Å². The van der Waals surface area contributed by atoms with Crippen molar-refractivity contribution in [1.82, 2.24) is 0 Å². The first-order chi connectivity index (χ1) is 4.91. The van der Waals surface area contributed by atoms with Gasteiger partial charge in [0.15, 0.2) is 9.84 Å². The van der Waals surface area contributed by atoms with Crippen LogP contribution in [0.2, 0.25) is 0 Å². The van der Waals surface area contributed by atoms with E-state index in [4.69, 9.17) is 5.11 Å². The van der Waals surface area contributed by atoms with Crippen molar-refractivity contribution < 1.29 is 13.5 Å². The standard InChI is InChI=1S/C7H14O3S/c1-4-5-11(9,10)7(3)6(2)8/h8H,4-5H2,1-3H3/b7-6-. The second kappa shape index (κ2) is 3.76. The number of aliphatic hydroxyl groups is 1. The number of sulfone groups is 1. The molecule has 0 aliphatic carbocycles. The monoisotopic (exact) mass is 178 g/mol. The minimum Gasteiger partial charge on any atom is -0.512 e. The minimum absolute atomic E-state index is 0.0827. The molecule has 0 atom stereocenters. The Balaban J connectivity index is 4.73. The maximum atomic E-state index is 11.2. The van der Waals surface area contributed by atoms with Crippen LogP contribution in [0.4, 0.5) is 0 Å². The summed E-state index contributed by atoms with van der Waals surface area (Å²) in [6, 6.07) is 0. The molecule has 0 aliphatic heterocycles. The Hall–Kier alpha value is -0.510. The predicted octanol–water partition coefficient (Wildman–Crippen LogP) is 1.62. The fraction of sp³-hybridized carbons (Fsp3) is 0.714. The van der Waals surface area contributed by atoms with E-state index in [-0.39, 0.29) is 16.4 Å². The second-order valence-electron chi connectivity index (χ2n) is 2.46. The van der Waals surface area contributed by atoms with Crippen LogP contribution in [0.3, 0.4) is 0 Å². The van der Waals surface area contributed by atoms with Gasteiger partial charge in [-0.05, 0) is 20.3 Å². The molecule has 0 spiro atoms. The zero-order valence-electron chi connectivity index (χ0n) is 7.09. The summed E-state index contributed by atoms with van der Waals surface area (Å²) in [7, 11) is -3.18. The van der Waals surface area contributed by atoms with Gasteiger partial charge >= 0.3 is 0 Å². The lowest BCUT2D eigenvalue weighted by molar-refractivity contribution is 0.410. The molecular formula is C7H14O3S. The number of hydrogen-bond acceptors (Lipinski definition) is 3. The molecule has 0 saturated carbocycles. The minimum atomic E-state index is -3.18. The molecule has 3 nitrogen and oxygen atoms in total. The van der Waals surface area contributed by atoms with Gasteiger partial charge in [-0.1, -0.05) is 6.92 Å². The predicted molar refractivity (Wildman–Crippen MR) is 45.1 cm³/mol. The zero-order valence-corrected chi connectivity index (χ0v) is 7.90. The van der Waals surface area contributed by atoms with E-state index in [0.717, 1.165) is 0 Å². The van der Waals surface area contributed by atoms with E-state index in [1.165, 1.54) is 13.8 Å². The molecule has 66 valence electrons. The second-order valence-corrected chi connectivity index (χ2v) is 4.71. The van der Waals surface area contributed by atoms with E-state index in [1.807, 2.05) is 0 Å². The van der Waals surface area contributed by atoms with Crippen LogP contribution in [0.25, 0.3) is 0 Å². The van der Waals surface area contributed by atoms with Gasteiger partial charge in [0.25, 0.3) is 0 Å². The van der Waals surface area contributed by atoms with Crippen LogP contribution in [-0.4, -0.2) is 19.3 Å². The fourth-order valence-corrected chi connectivity index (χ4v) is 1.94. The van der Waals surface area contributed by atoms with Crippen LogP contribution in [0.15, 0.2) is 10.7 Å². The third-order valence-electron chi connectivity index (χ3n) is 1.45. The first-order valence-corrected chi connectivity index (χ1v) is 5.16. The molecule has 0 aliphatic rings. The summed E-state index contributed by atoms with van der Waals surface area (Å²) in [6.07, 6.45) is 0.576. The summed E-state index contributed by atoms with van der Waals surface area (Å²) < 4.78 is 22.3. The van der Waals surface area contributed by atoms with Crippen LogP contribution < -0.4 is 0 Å². The van der Waals surface area contributed by atoms with E-state index < -0.39 is 9.84 Å². The van der Waals surface area contributed by atoms with Crippen molar-refractivity contribution in [3.8, 4) is 0 Å². The maximum absolute atomic E-state index is 11.2. The summed E-state index contributed by atoms with van der Waals surface area (Å²) in [5.41, 5.74) is 0. The summed E-state index contributed by atoms with van der Waals surface area (Å²) in [4.78, 5) is 0.0827. The molecule has 0 fully saturated rings. The van der Waals surface area contributed by atoms with Crippen LogP contribution in [0, 0.1) is 0 Å². The Morgan fingerprint density at radius 2 is 1.82 bits per heavy atom. The molecule has 0 rings (SSSR count). The molecule has 1 N–H and O–H groups in total. The van der Waals surface area contributed by atoms with Gasteiger partial charge in [0.1, 0.15) is 5.76 Å². The highest BCUT2D eigenvalue weighted by molar-refractivity contribution is 7.95. The Morgan fingerprint density at radius 3 is 2.09 bits per heavy atom. The van der Waals surface area contributed by atoms with Crippen LogP contribution in [0.1, 0.15) is 27.2 Å². The van der Waals surface area contributed by atoms with Gasteiger partial charge in [-0.15, -0.1) is 0 Å². The topological polar surface area (TPSA) is 54.4 Å². The Morgan fingerprint density at radius 1 is 1.36 bits per heavy atom. The van der Waals surface area contributed by atoms with E-state index in [9.17, 15) is 8.42 Å². The normalized spacial score (nSPS) is 14.5. The smallest absolute Gasteiger partial charge is 0.177 e. The van der Waals surface area contributed by atoms with Crippen LogP contribution >= 0.6 is 0 Å². The zero-order chi connectivity index (χ0) is 9.07. The molecular weight excluding hydrogens is 164 g/mol. The molecule has 4 heteroatoms. The molecule has 0 aromatic rings. The lowest BCUT2D eigenvalue weighted by Gasteiger charge is -2.02. The molecule has 0 radical (unpaired) electrons. The van der Waals surface area contributed by atoms with Crippen molar-refractivity contribution in [2.24, 2.45) is 0 Å². The first-order valence-electron chi connectivity index (χ1n) is 3.51. The number of allylic oxidation sites excluding steroid dienone is 2. The van der Waals surface area contributed by atoms with Crippen molar-refractivity contribution in [2.45, 2.75) is 27.2 Å².